The lowest BCUT2D eigenvalue weighted by atomic mass is 9.99. The summed E-state index contributed by atoms with van der Waals surface area (Å²) >= 11 is 1.67. The van der Waals surface area contributed by atoms with E-state index in [1.54, 1.807) is 11.3 Å². The summed E-state index contributed by atoms with van der Waals surface area (Å²) in [6.45, 7) is 5.75. The van der Waals surface area contributed by atoms with Gasteiger partial charge in [-0.3, -0.25) is 0 Å². The number of ether oxygens (including phenoxy) is 1. The molecule has 4 rings (SSSR count). The van der Waals surface area contributed by atoms with Gasteiger partial charge < -0.3 is 15.0 Å². The summed E-state index contributed by atoms with van der Waals surface area (Å²) in [5.74, 6) is 2.10. The molecule has 0 saturated carbocycles. The maximum absolute atomic E-state index is 6.09. The van der Waals surface area contributed by atoms with Crippen LogP contribution >= 0.6 is 11.3 Å². The van der Waals surface area contributed by atoms with E-state index < -0.39 is 0 Å². The van der Waals surface area contributed by atoms with Crippen LogP contribution in [0.4, 0.5) is 5.95 Å². The summed E-state index contributed by atoms with van der Waals surface area (Å²) in [6.07, 6.45) is 4.73. The van der Waals surface area contributed by atoms with Gasteiger partial charge >= 0.3 is 0 Å². The molecular weight excluding hydrogens is 406 g/mol. The molecule has 1 aromatic carbocycles. The van der Waals surface area contributed by atoms with Crippen LogP contribution in [0.2, 0.25) is 0 Å². The molecule has 3 aromatic heterocycles. The Morgan fingerprint density at radius 2 is 1.90 bits per heavy atom. The van der Waals surface area contributed by atoms with Crippen molar-refractivity contribution < 1.29 is 4.74 Å². The second kappa shape index (κ2) is 9.92. The van der Waals surface area contributed by atoms with Crippen LogP contribution in [-0.4, -0.2) is 19.5 Å². The molecule has 1 atom stereocenters. The first kappa shape index (κ1) is 21.3. The van der Waals surface area contributed by atoms with Gasteiger partial charge in [-0.1, -0.05) is 69.5 Å². The van der Waals surface area contributed by atoms with Crippen LogP contribution in [-0.2, 0) is 13.2 Å². The van der Waals surface area contributed by atoms with E-state index in [1.807, 2.05) is 36.4 Å². The molecule has 162 valence electrons. The minimum absolute atomic E-state index is 0.205. The quantitative estimate of drug-likeness (QED) is 0.334. The topological polar surface area (TPSA) is 78.8 Å². The number of fused-ring (bicyclic) bond motifs is 1. The van der Waals surface area contributed by atoms with Crippen molar-refractivity contribution in [1.82, 2.24) is 19.5 Å². The zero-order valence-electron chi connectivity index (χ0n) is 18.1. The van der Waals surface area contributed by atoms with E-state index in [2.05, 4.69) is 39.8 Å². The number of thiophene rings is 1. The number of anilines is 1. The van der Waals surface area contributed by atoms with Gasteiger partial charge in [0.1, 0.15) is 6.61 Å². The molecule has 3 heterocycles. The summed E-state index contributed by atoms with van der Waals surface area (Å²) in [6, 6.07) is 14.2. The molecule has 0 saturated heterocycles. The molecule has 6 nitrogen and oxygen atoms in total. The van der Waals surface area contributed by atoms with Gasteiger partial charge in [-0.05, 0) is 29.3 Å². The first-order valence-corrected chi connectivity index (χ1v) is 11.8. The molecule has 7 heteroatoms. The van der Waals surface area contributed by atoms with Gasteiger partial charge in [-0.2, -0.15) is 9.97 Å². The van der Waals surface area contributed by atoms with E-state index in [1.165, 1.54) is 19.3 Å². The molecule has 31 heavy (non-hydrogen) atoms. The summed E-state index contributed by atoms with van der Waals surface area (Å²) in [5, 5.41) is 2.07. The number of rotatable bonds is 10. The maximum Gasteiger partial charge on any atom is 0.247 e. The predicted molar refractivity (Wildman–Crippen MR) is 127 cm³/mol. The van der Waals surface area contributed by atoms with E-state index in [9.17, 15) is 0 Å². The van der Waals surface area contributed by atoms with Gasteiger partial charge in [0.25, 0.3) is 0 Å². The molecule has 0 amide bonds. The third-order valence-electron chi connectivity index (χ3n) is 5.52. The number of nitrogen functional groups attached to an aromatic ring is 1. The van der Waals surface area contributed by atoms with Crippen molar-refractivity contribution in [2.24, 2.45) is 5.92 Å². The average Bonchev–Trinajstić information content (AvgIpc) is 3.44. The largest absolute Gasteiger partial charge is 0.471 e. The Morgan fingerprint density at radius 3 is 2.61 bits per heavy atom. The molecule has 0 radical (unpaired) electrons. The van der Waals surface area contributed by atoms with Crippen LogP contribution < -0.4 is 10.5 Å². The summed E-state index contributed by atoms with van der Waals surface area (Å²) in [7, 11) is 0. The number of benzene rings is 1. The fourth-order valence-electron chi connectivity index (χ4n) is 3.76. The molecule has 0 bridgehead atoms. The van der Waals surface area contributed by atoms with Crippen LogP contribution in [0, 0.1) is 5.92 Å². The SMILES string of the molecule is CCCCC(CC)Cn1c(-c2cccs2)nc2c(OCc3ccccc3)nc(N)nc21. The molecule has 4 aromatic rings. The standard InChI is InChI=1S/C24H29N5OS/c1-3-5-10-17(4-2)15-29-21(19-13-9-14-31-19)26-20-22(29)27-24(25)28-23(20)30-16-18-11-7-6-8-12-18/h6-9,11-14,17H,3-5,10,15-16H2,1-2H3,(H2,25,27,28). The van der Waals surface area contributed by atoms with Crippen molar-refractivity contribution in [3.63, 3.8) is 0 Å². The molecule has 2 N–H and O–H groups in total. The second-order valence-electron chi connectivity index (χ2n) is 7.77. The highest BCUT2D eigenvalue weighted by Crippen LogP contribution is 2.33. The molecule has 0 spiro atoms. The zero-order chi connectivity index (χ0) is 21.6. The Morgan fingerprint density at radius 1 is 1.06 bits per heavy atom. The highest BCUT2D eigenvalue weighted by molar-refractivity contribution is 7.13. The van der Waals surface area contributed by atoms with Gasteiger partial charge in [0.15, 0.2) is 17.0 Å². The smallest absolute Gasteiger partial charge is 0.247 e. The normalized spacial score (nSPS) is 12.3. The Kier molecular flexibility index (Phi) is 6.82. The molecule has 0 aliphatic carbocycles. The zero-order valence-corrected chi connectivity index (χ0v) is 18.9. The van der Waals surface area contributed by atoms with Gasteiger partial charge in [0.2, 0.25) is 11.8 Å². The van der Waals surface area contributed by atoms with Crippen molar-refractivity contribution in [3.8, 4) is 16.6 Å². The van der Waals surface area contributed by atoms with Gasteiger partial charge in [0, 0.05) is 6.54 Å². The first-order chi connectivity index (χ1) is 15.2. The Balaban J connectivity index is 1.75. The van der Waals surface area contributed by atoms with E-state index in [-0.39, 0.29) is 5.95 Å². The molecule has 0 aliphatic rings. The van der Waals surface area contributed by atoms with Gasteiger partial charge in [-0.25, -0.2) is 4.98 Å². The highest BCUT2D eigenvalue weighted by Gasteiger charge is 2.22. The van der Waals surface area contributed by atoms with Crippen LogP contribution in [0.3, 0.4) is 0 Å². The lowest BCUT2D eigenvalue weighted by Gasteiger charge is -2.17. The number of nitrogens with zero attached hydrogens (tertiary/aromatic N) is 4. The van der Waals surface area contributed by atoms with Crippen molar-refractivity contribution in [3.05, 3.63) is 53.4 Å². The third-order valence-corrected chi connectivity index (χ3v) is 6.39. The van der Waals surface area contributed by atoms with E-state index >= 15 is 0 Å². The number of unbranched alkanes of at least 4 members (excludes halogenated alkanes) is 1. The van der Waals surface area contributed by atoms with Crippen molar-refractivity contribution >= 4 is 28.4 Å². The van der Waals surface area contributed by atoms with Gasteiger partial charge in [0.05, 0.1) is 4.88 Å². The molecule has 1 unspecified atom stereocenters. The average molecular weight is 436 g/mol. The predicted octanol–water partition coefficient (Wildman–Crippen LogP) is 5.93. The number of hydrogen-bond acceptors (Lipinski definition) is 6. The Bertz CT molecular complexity index is 1110. The van der Waals surface area contributed by atoms with Crippen molar-refractivity contribution in [2.75, 3.05) is 5.73 Å². The summed E-state index contributed by atoms with van der Waals surface area (Å²) < 4.78 is 8.27. The summed E-state index contributed by atoms with van der Waals surface area (Å²) in [4.78, 5) is 15.0. The second-order valence-corrected chi connectivity index (χ2v) is 8.72. The number of nitrogens with two attached hydrogens (primary N) is 1. The highest BCUT2D eigenvalue weighted by atomic mass is 32.1. The summed E-state index contributed by atoms with van der Waals surface area (Å²) in [5.41, 5.74) is 8.57. The van der Waals surface area contributed by atoms with Crippen LogP contribution in [0.5, 0.6) is 5.88 Å². The Labute approximate surface area is 187 Å². The van der Waals surface area contributed by atoms with E-state index in [0.29, 0.717) is 23.9 Å². The van der Waals surface area contributed by atoms with Crippen LogP contribution in [0.1, 0.15) is 45.1 Å². The maximum atomic E-state index is 6.09. The third kappa shape index (κ3) is 4.88. The van der Waals surface area contributed by atoms with E-state index in [4.69, 9.17) is 15.5 Å². The first-order valence-electron chi connectivity index (χ1n) is 10.9. The monoisotopic (exact) mass is 435 g/mol. The van der Waals surface area contributed by atoms with Crippen LogP contribution in [0.25, 0.3) is 21.9 Å². The fraction of sp³-hybridized carbons (Fsp3) is 0.375. The minimum atomic E-state index is 0.205. The lowest BCUT2D eigenvalue weighted by molar-refractivity contribution is 0.297. The number of imidazole rings is 1. The number of aromatic nitrogens is 4. The Hall–Kier alpha value is -2.93. The van der Waals surface area contributed by atoms with Crippen LogP contribution in [0.15, 0.2) is 47.8 Å². The van der Waals surface area contributed by atoms with E-state index in [0.717, 1.165) is 34.9 Å². The van der Waals surface area contributed by atoms with Crippen molar-refractivity contribution in [1.29, 1.82) is 0 Å². The fourth-order valence-corrected chi connectivity index (χ4v) is 4.48. The molecule has 0 fully saturated rings. The molecule has 0 aliphatic heterocycles. The minimum Gasteiger partial charge on any atom is -0.471 e. The van der Waals surface area contributed by atoms with Crippen molar-refractivity contribution in [2.45, 2.75) is 52.7 Å². The van der Waals surface area contributed by atoms with Gasteiger partial charge in [-0.15, -0.1) is 11.3 Å². The molecular formula is C24H29N5OS. The lowest BCUT2D eigenvalue weighted by Crippen LogP contribution is -2.12. The number of hydrogen-bond donors (Lipinski definition) is 1.